The van der Waals surface area contributed by atoms with Crippen molar-refractivity contribution in [3.05, 3.63) is 72.3 Å². The molecular weight excluding hydrogens is 494 g/mol. The van der Waals surface area contributed by atoms with Crippen LogP contribution in [-0.4, -0.2) is 85.6 Å². The number of hydrogen-bond donors (Lipinski definition) is 1. The van der Waals surface area contributed by atoms with Crippen molar-refractivity contribution in [2.45, 2.75) is 12.5 Å². The number of fused-ring (bicyclic) bond motifs is 1. The molecule has 2 aromatic carbocycles. The minimum Gasteiger partial charge on any atom is -0.493 e. The predicted molar refractivity (Wildman–Crippen MR) is 150 cm³/mol. The van der Waals surface area contributed by atoms with Crippen molar-refractivity contribution >= 4 is 22.7 Å². The molecule has 6 rings (SSSR count). The van der Waals surface area contributed by atoms with Gasteiger partial charge in [-0.05, 0) is 17.2 Å². The standard InChI is InChI=1S/C29H33N7O3/c1-37-26-15-25-24(14-27(26)39-19-23-18-30-7-12-38-23)28(34-20-33-25)35-8-10-36(11-9-35)29-31-16-22(17-32-29)13-21-5-3-2-4-6-21/h2-6,14-17,20,23,30H,7-13,18-19H2,1H3/t23-/m1/s1. The highest BCUT2D eigenvalue weighted by Gasteiger charge is 2.23. The molecule has 39 heavy (non-hydrogen) atoms. The Morgan fingerprint density at radius 2 is 1.72 bits per heavy atom. The van der Waals surface area contributed by atoms with Crippen LogP contribution in [0, 0.1) is 0 Å². The number of nitrogens with one attached hydrogen (secondary N) is 1. The second-order valence-corrected chi connectivity index (χ2v) is 9.75. The average Bonchev–Trinajstić information content (AvgIpc) is 3.01. The maximum absolute atomic E-state index is 6.15. The van der Waals surface area contributed by atoms with Gasteiger partial charge in [0, 0.05) is 69.5 Å². The van der Waals surface area contributed by atoms with E-state index < -0.39 is 0 Å². The van der Waals surface area contributed by atoms with E-state index in [0.29, 0.717) is 24.7 Å². The predicted octanol–water partition coefficient (Wildman–Crippen LogP) is 2.71. The first-order chi connectivity index (χ1) is 19.3. The quantitative estimate of drug-likeness (QED) is 0.368. The van der Waals surface area contributed by atoms with E-state index in [1.165, 1.54) is 5.56 Å². The van der Waals surface area contributed by atoms with Crippen molar-refractivity contribution in [1.29, 1.82) is 0 Å². The second kappa shape index (κ2) is 11.8. The Bertz CT molecular complexity index is 1370. The SMILES string of the molecule is COc1cc2ncnc(N3CCN(c4ncc(Cc5ccccc5)cn4)CC3)c2cc1OC[C@H]1CNCCO1. The molecule has 2 aliphatic heterocycles. The Labute approximate surface area is 228 Å². The number of benzene rings is 2. The molecule has 4 heterocycles. The van der Waals surface area contributed by atoms with E-state index in [-0.39, 0.29) is 6.10 Å². The van der Waals surface area contributed by atoms with Crippen molar-refractivity contribution in [1.82, 2.24) is 25.3 Å². The highest BCUT2D eigenvalue weighted by Crippen LogP contribution is 2.35. The summed E-state index contributed by atoms with van der Waals surface area (Å²) in [6.07, 6.45) is 6.32. The van der Waals surface area contributed by atoms with Gasteiger partial charge in [-0.2, -0.15) is 0 Å². The van der Waals surface area contributed by atoms with Gasteiger partial charge in [-0.3, -0.25) is 0 Å². The molecule has 0 amide bonds. The van der Waals surface area contributed by atoms with Gasteiger partial charge in [-0.1, -0.05) is 30.3 Å². The molecular formula is C29H33N7O3. The van der Waals surface area contributed by atoms with Crippen LogP contribution in [0.15, 0.2) is 61.2 Å². The lowest BCUT2D eigenvalue weighted by molar-refractivity contribution is -0.000232. The fourth-order valence-electron chi connectivity index (χ4n) is 5.04. The molecule has 4 aromatic rings. The third kappa shape index (κ3) is 5.86. The molecule has 0 radical (unpaired) electrons. The van der Waals surface area contributed by atoms with Crippen LogP contribution < -0.4 is 24.6 Å². The summed E-state index contributed by atoms with van der Waals surface area (Å²) >= 11 is 0. The number of methoxy groups -OCH3 is 1. The fourth-order valence-corrected chi connectivity index (χ4v) is 5.04. The summed E-state index contributed by atoms with van der Waals surface area (Å²) < 4.78 is 17.5. The molecule has 2 aliphatic rings. The molecule has 2 aromatic heterocycles. The number of piperazine rings is 1. The zero-order valence-corrected chi connectivity index (χ0v) is 22.1. The number of ether oxygens (including phenoxy) is 3. The Hall–Kier alpha value is -4.02. The van der Waals surface area contributed by atoms with Crippen LogP contribution in [0.1, 0.15) is 11.1 Å². The van der Waals surface area contributed by atoms with Crippen molar-refractivity contribution < 1.29 is 14.2 Å². The minimum absolute atomic E-state index is 0.00773. The zero-order chi connectivity index (χ0) is 26.4. The monoisotopic (exact) mass is 527 g/mol. The maximum atomic E-state index is 6.15. The first kappa shape index (κ1) is 25.3. The van der Waals surface area contributed by atoms with Crippen molar-refractivity contribution in [2.24, 2.45) is 0 Å². The molecule has 2 saturated heterocycles. The van der Waals surface area contributed by atoms with Gasteiger partial charge >= 0.3 is 0 Å². The number of hydrogen-bond acceptors (Lipinski definition) is 10. The number of anilines is 2. The molecule has 2 fully saturated rings. The minimum atomic E-state index is 0.00773. The van der Waals surface area contributed by atoms with Gasteiger partial charge in [-0.25, -0.2) is 19.9 Å². The van der Waals surface area contributed by atoms with Crippen molar-refractivity contribution in [3.63, 3.8) is 0 Å². The van der Waals surface area contributed by atoms with Crippen molar-refractivity contribution in [2.75, 3.05) is 69.4 Å². The summed E-state index contributed by atoms with van der Waals surface area (Å²) in [5, 5.41) is 4.27. The van der Waals surface area contributed by atoms with Gasteiger partial charge in [0.05, 0.1) is 19.2 Å². The largest absolute Gasteiger partial charge is 0.493 e. The van der Waals surface area contributed by atoms with Crippen LogP contribution in [0.5, 0.6) is 11.5 Å². The van der Waals surface area contributed by atoms with E-state index in [9.17, 15) is 0 Å². The van der Waals surface area contributed by atoms with E-state index in [1.54, 1.807) is 13.4 Å². The van der Waals surface area contributed by atoms with Crippen LogP contribution in [0.4, 0.5) is 11.8 Å². The Morgan fingerprint density at radius 3 is 2.46 bits per heavy atom. The van der Waals surface area contributed by atoms with Crippen LogP contribution in [0.3, 0.4) is 0 Å². The highest BCUT2D eigenvalue weighted by molar-refractivity contribution is 5.92. The Kier molecular flexibility index (Phi) is 7.64. The lowest BCUT2D eigenvalue weighted by atomic mass is 10.1. The molecule has 202 valence electrons. The van der Waals surface area contributed by atoms with E-state index in [4.69, 9.17) is 14.2 Å². The molecule has 0 aliphatic carbocycles. The number of rotatable bonds is 8. The van der Waals surface area contributed by atoms with Gasteiger partial charge in [0.1, 0.15) is 24.9 Å². The lowest BCUT2D eigenvalue weighted by Crippen LogP contribution is -2.47. The van der Waals surface area contributed by atoms with Crippen LogP contribution in [0.2, 0.25) is 0 Å². The van der Waals surface area contributed by atoms with Gasteiger partial charge in [-0.15, -0.1) is 0 Å². The molecule has 1 N–H and O–H groups in total. The van der Waals surface area contributed by atoms with E-state index in [0.717, 1.165) is 73.9 Å². The lowest BCUT2D eigenvalue weighted by Gasteiger charge is -2.35. The van der Waals surface area contributed by atoms with Gasteiger partial charge < -0.3 is 29.3 Å². The molecule has 1 atom stereocenters. The summed E-state index contributed by atoms with van der Waals surface area (Å²) in [5.41, 5.74) is 3.18. The third-order valence-corrected chi connectivity index (χ3v) is 7.13. The summed E-state index contributed by atoms with van der Waals surface area (Å²) in [6.45, 7) is 5.97. The smallest absolute Gasteiger partial charge is 0.225 e. The Morgan fingerprint density at radius 1 is 0.923 bits per heavy atom. The van der Waals surface area contributed by atoms with Gasteiger partial charge in [0.15, 0.2) is 11.5 Å². The summed E-state index contributed by atoms with van der Waals surface area (Å²) in [7, 11) is 1.64. The van der Waals surface area contributed by atoms with Gasteiger partial charge in [0.2, 0.25) is 5.95 Å². The maximum Gasteiger partial charge on any atom is 0.225 e. The van der Waals surface area contributed by atoms with E-state index in [1.807, 2.05) is 30.6 Å². The molecule has 0 bridgehead atoms. The van der Waals surface area contributed by atoms with E-state index >= 15 is 0 Å². The molecule has 0 spiro atoms. The number of aromatic nitrogens is 4. The first-order valence-electron chi connectivity index (χ1n) is 13.4. The highest BCUT2D eigenvalue weighted by atomic mass is 16.5. The zero-order valence-electron chi connectivity index (χ0n) is 22.1. The average molecular weight is 528 g/mol. The molecule has 10 nitrogen and oxygen atoms in total. The van der Waals surface area contributed by atoms with Crippen LogP contribution in [0.25, 0.3) is 10.9 Å². The fraction of sp³-hybridized carbons (Fsp3) is 0.379. The first-order valence-corrected chi connectivity index (χ1v) is 13.4. The topological polar surface area (TPSA) is 97.8 Å². The van der Waals surface area contributed by atoms with Crippen LogP contribution >= 0.6 is 0 Å². The number of morpholine rings is 1. The second-order valence-electron chi connectivity index (χ2n) is 9.75. The number of nitrogens with zero attached hydrogens (tertiary/aromatic N) is 6. The summed E-state index contributed by atoms with van der Waals surface area (Å²) in [5.74, 6) is 2.96. The normalized spacial score (nSPS) is 17.8. The molecule has 0 unspecified atom stereocenters. The van der Waals surface area contributed by atoms with Crippen LogP contribution in [-0.2, 0) is 11.2 Å². The molecule has 10 heteroatoms. The summed E-state index contributed by atoms with van der Waals surface area (Å²) in [4.78, 5) is 23.0. The van der Waals surface area contributed by atoms with Crippen molar-refractivity contribution in [3.8, 4) is 11.5 Å². The third-order valence-electron chi connectivity index (χ3n) is 7.13. The molecule has 0 saturated carbocycles. The summed E-state index contributed by atoms with van der Waals surface area (Å²) in [6, 6.07) is 14.3. The van der Waals surface area contributed by atoms with Gasteiger partial charge in [0.25, 0.3) is 0 Å². The van der Waals surface area contributed by atoms with E-state index in [2.05, 4.69) is 59.3 Å². The Balaban J connectivity index is 1.14.